The number of likely N-dealkylation sites (N-methyl/N-ethyl adjacent to an activating group) is 1. The van der Waals surface area contributed by atoms with Crippen LogP contribution in [0.4, 0.5) is 0 Å². The summed E-state index contributed by atoms with van der Waals surface area (Å²) in [6.07, 6.45) is 1.39. The van der Waals surface area contributed by atoms with E-state index in [0.29, 0.717) is 18.1 Å². The molecule has 1 N–H and O–H groups in total. The number of nitrogens with one attached hydrogen (secondary N) is 1. The predicted octanol–water partition coefficient (Wildman–Crippen LogP) is 2.51. The zero-order valence-electron chi connectivity index (χ0n) is 14.6. The maximum absolute atomic E-state index is 12.8. The molecule has 1 aromatic heterocycles. The minimum atomic E-state index is -0.408. The summed E-state index contributed by atoms with van der Waals surface area (Å²) in [7, 11) is 4.04. The van der Waals surface area contributed by atoms with Crippen molar-refractivity contribution >= 4 is 17.5 Å². The topological polar surface area (TPSA) is 56.4 Å². The Morgan fingerprint density at radius 1 is 1.24 bits per heavy atom. The number of halogens is 1. The van der Waals surface area contributed by atoms with Crippen molar-refractivity contribution in [1.82, 2.24) is 14.8 Å². The first-order valence-electron chi connectivity index (χ1n) is 8.27. The van der Waals surface area contributed by atoms with Gasteiger partial charge in [0.25, 0.3) is 11.5 Å². The van der Waals surface area contributed by atoms with Gasteiger partial charge in [0, 0.05) is 31.2 Å². The molecular formula is C19H22ClN3O2. The number of pyridine rings is 1. The predicted molar refractivity (Wildman–Crippen MR) is 99.4 cm³/mol. The van der Waals surface area contributed by atoms with Gasteiger partial charge in [0.05, 0.1) is 5.02 Å². The van der Waals surface area contributed by atoms with Crippen LogP contribution < -0.4 is 5.56 Å². The number of benzene rings is 1. The van der Waals surface area contributed by atoms with Gasteiger partial charge in [0.2, 0.25) is 0 Å². The number of carbonyl (C=O) groups excluding carboxylic acids is 1. The summed E-state index contributed by atoms with van der Waals surface area (Å²) in [6, 6.07) is 10.1. The van der Waals surface area contributed by atoms with Crippen molar-refractivity contribution in [2.75, 3.05) is 27.2 Å². The fourth-order valence-electron chi connectivity index (χ4n) is 3.40. The number of hydrogen-bond donors (Lipinski definition) is 1. The standard InChI is InChI=1S/C19H22ClN3O2/c1-12-4-6-13(7-5-12)16-10-23(11-17(16)22(2)3)19(25)15-8-14(20)9-21-18(15)24/h4-9,16-17H,10-11H2,1-3H3,(H,21,24)/t16-,17+/m0/s1. The van der Waals surface area contributed by atoms with Gasteiger partial charge in [-0.2, -0.15) is 0 Å². The fourth-order valence-corrected chi connectivity index (χ4v) is 3.57. The molecule has 1 aromatic carbocycles. The average Bonchev–Trinajstić information content (AvgIpc) is 3.02. The van der Waals surface area contributed by atoms with E-state index in [2.05, 4.69) is 41.1 Å². The lowest BCUT2D eigenvalue weighted by Gasteiger charge is -2.25. The molecule has 0 spiro atoms. The number of aryl methyl sites for hydroxylation is 1. The molecule has 1 fully saturated rings. The average molecular weight is 360 g/mol. The second-order valence-electron chi connectivity index (χ2n) is 6.82. The third kappa shape index (κ3) is 3.62. The van der Waals surface area contributed by atoms with Crippen LogP contribution in [-0.2, 0) is 0 Å². The molecule has 0 bridgehead atoms. The molecule has 2 heterocycles. The van der Waals surface area contributed by atoms with E-state index in [1.54, 1.807) is 4.90 Å². The molecule has 0 unspecified atom stereocenters. The van der Waals surface area contributed by atoms with Gasteiger partial charge in [-0.15, -0.1) is 0 Å². The van der Waals surface area contributed by atoms with Crippen molar-refractivity contribution in [2.24, 2.45) is 0 Å². The lowest BCUT2D eigenvalue weighted by Crippen LogP contribution is -2.37. The summed E-state index contributed by atoms with van der Waals surface area (Å²) in [5, 5.41) is 0.349. The number of aromatic nitrogens is 1. The molecule has 0 radical (unpaired) electrons. The number of carbonyl (C=O) groups is 1. The van der Waals surface area contributed by atoms with E-state index in [9.17, 15) is 9.59 Å². The van der Waals surface area contributed by atoms with E-state index in [4.69, 9.17) is 11.6 Å². The largest absolute Gasteiger partial charge is 0.336 e. The quantitative estimate of drug-likeness (QED) is 0.916. The van der Waals surface area contributed by atoms with Crippen molar-refractivity contribution in [3.63, 3.8) is 0 Å². The first-order chi connectivity index (χ1) is 11.9. The number of amides is 1. The smallest absolute Gasteiger partial charge is 0.260 e. The molecule has 2 atom stereocenters. The van der Waals surface area contributed by atoms with Gasteiger partial charge in [-0.25, -0.2) is 0 Å². The highest BCUT2D eigenvalue weighted by molar-refractivity contribution is 6.30. The molecule has 1 amide bonds. The number of H-pyrrole nitrogens is 1. The first-order valence-corrected chi connectivity index (χ1v) is 8.65. The van der Waals surface area contributed by atoms with E-state index >= 15 is 0 Å². The van der Waals surface area contributed by atoms with Crippen LogP contribution in [0.2, 0.25) is 5.02 Å². The van der Waals surface area contributed by atoms with Crippen LogP contribution in [0.15, 0.2) is 41.3 Å². The zero-order chi connectivity index (χ0) is 18.1. The number of rotatable bonds is 3. The minimum Gasteiger partial charge on any atom is -0.336 e. The molecule has 0 saturated carbocycles. The fraction of sp³-hybridized carbons (Fsp3) is 0.368. The van der Waals surface area contributed by atoms with Crippen molar-refractivity contribution < 1.29 is 4.79 Å². The third-order valence-corrected chi connectivity index (χ3v) is 5.06. The van der Waals surface area contributed by atoms with E-state index in [-0.39, 0.29) is 23.4 Å². The van der Waals surface area contributed by atoms with Crippen LogP contribution in [0.1, 0.15) is 27.4 Å². The number of aromatic amines is 1. The van der Waals surface area contributed by atoms with Crippen molar-refractivity contribution in [3.05, 3.63) is 68.6 Å². The van der Waals surface area contributed by atoms with Crippen LogP contribution in [0.5, 0.6) is 0 Å². The van der Waals surface area contributed by atoms with Gasteiger partial charge in [0.1, 0.15) is 5.56 Å². The van der Waals surface area contributed by atoms with Crippen LogP contribution in [0, 0.1) is 6.92 Å². The van der Waals surface area contributed by atoms with Crippen LogP contribution in [-0.4, -0.2) is 53.9 Å². The number of nitrogens with zero attached hydrogens (tertiary/aromatic N) is 2. The van der Waals surface area contributed by atoms with E-state index in [1.807, 2.05) is 14.1 Å². The summed E-state index contributed by atoms with van der Waals surface area (Å²) < 4.78 is 0. The molecule has 1 aliphatic heterocycles. The molecule has 132 valence electrons. The summed E-state index contributed by atoms with van der Waals surface area (Å²) >= 11 is 5.94. The molecule has 5 nitrogen and oxygen atoms in total. The van der Waals surface area contributed by atoms with Gasteiger partial charge in [-0.1, -0.05) is 41.4 Å². The van der Waals surface area contributed by atoms with Gasteiger partial charge >= 0.3 is 0 Å². The van der Waals surface area contributed by atoms with Crippen LogP contribution >= 0.6 is 11.6 Å². The molecule has 3 rings (SSSR count). The summed E-state index contributed by atoms with van der Waals surface area (Å²) in [6.45, 7) is 3.22. The molecule has 6 heteroatoms. The summed E-state index contributed by atoms with van der Waals surface area (Å²) in [4.78, 5) is 31.2. The Kier molecular flexibility index (Phi) is 4.97. The Hall–Kier alpha value is -2.11. The Labute approximate surface area is 152 Å². The summed E-state index contributed by atoms with van der Waals surface area (Å²) in [5.74, 6) is -0.0666. The lowest BCUT2D eigenvalue weighted by atomic mass is 9.93. The number of likely N-dealkylation sites (tertiary alicyclic amines) is 1. The summed E-state index contributed by atoms with van der Waals surface area (Å²) in [5.41, 5.74) is 2.10. The highest BCUT2D eigenvalue weighted by Gasteiger charge is 2.38. The van der Waals surface area contributed by atoms with Crippen LogP contribution in [0.25, 0.3) is 0 Å². The van der Waals surface area contributed by atoms with Crippen LogP contribution in [0.3, 0.4) is 0 Å². The van der Waals surface area contributed by atoms with E-state index in [0.717, 1.165) is 0 Å². The SMILES string of the molecule is Cc1ccc([C@@H]2CN(C(=O)c3cc(Cl)c[nH]c3=O)C[C@H]2N(C)C)cc1. The second-order valence-corrected chi connectivity index (χ2v) is 7.26. The Morgan fingerprint density at radius 2 is 1.92 bits per heavy atom. The molecular weight excluding hydrogens is 338 g/mol. The normalized spacial score (nSPS) is 20.3. The van der Waals surface area contributed by atoms with Gasteiger partial charge < -0.3 is 14.8 Å². The maximum atomic E-state index is 12.8. The zero-order valence-corrected chi connectivity index (χ0v) is 15.4. The molecule has 1 saturated heterocycles. The van der Waals surface area contributed by atoms with Crippen molar-refractivity contribution in [3.8, 4) is 0 Å². The number of hydrogen-bond acceptors (Lipinski definition) is 3. The van der Waals surface area contributed by atoms with Crippen molar-refractivity contribution in [1.29, 1.82) is 0 Å². The Balaban J connectivity index is 1.89. The van der Waals surface area contributed by atoms with Gasteiger partial charge in [-0.05, 0) is 32.6 Å². The highest BCUT2D eigenvalue weighted by Crippen LogP contribution is 2.31. The molecule has 25 heavy (non-hydrogen) atoms. The highest BCUT2D eigenvalue weighted by atomic mass is 35.5. The lowest BCUT2D eigenvalue weighted by molar-refractivity contribution is 0.0780. The Morgan fingerprint density at radius 3 is 2.56 bits per heavy atom. The van der Waals surface area contributed by atoms with Crippen molar-refractivity contribution in [2.45, 2.75) is 18.9 Å². The van der Waals surface area contributed by atoms with Gasteiger partial charge in [-0.3, -0.25) is 9.59 Å². The minimum absolute atomic E-state index is 0.0922. The first kappa shape index (κ1) is 17.7. The second kappa shape index (κ2) is 7.02. The molecule has 2 aromatic rings. The molecule has 1 aliphatic rings. The van der Waals surface area contributed by atoms with E-state index < -0.39 is 5.56 Å². The third-order valence-electron chi connectivity index (χ3n) is 4.84. The van der Waals surface area contributed by atoms with E-state index in [1.165, 1.54) is 23.4 Å². The van der Waals surface area contributed by atoms with Gasteiger partial charge in [0.15, 0.2) is 0 Å². The Bertz CT molecular complexity index is 829. The monoisotopic (exact) mass is 359 g/mol. The molecule has 0 aliphatic carbocycles. The maximum Gasteiger partial charge on any atom is 0.260 e.